The quantitative estimate of drug-likeness (QED) is 0.796. The molecule has 0 saturated carbocycles. The van der Waals surface area contributed by atoms with Gasteiger partial charge in [-0.1, -0.05) is 18.3 Å². The number of benzene rings is 1. The van der Waals surface area contributed by atoms with Gasteiger partial charge < -0.3 is 10.8 Å². The number of aromatic hydroxyl groups is 1. The van der Waals surface area contributed by atoms with Gasteiger partial charge in [-0.05, 0) is 26.0 Å². The third kappa shape index (κ3) is 2.91. The molecule has 0 spiro atoms. The fourth-order valence-electron chi connectivity index (χ4n) is 1.50. The lowest BCUT2D eigenvalue weighted by atomic mass is 10.3. The Labute approximate surface area is 112 Å². The number of sulfonamides is 1. The zero-order valence-electron chi connectivity index (χ0n) is 10.2. The highest BCUT2D eigenvalue weighted by Gasteiger charge is 2.30. The summed E-state index contributed by atoms with van der Waals surface area (Å²) in [5.74, 6) is 0.00382. The highest BCUT2D eigenvalue weighted by atomic mass is 32.2. The van der Waals surface area contributed by atoms with Crippen LogP contribution in [-0.2, 0) is 10.0 Å². The van der Waals surface area contributed by atoms with Crippen molar-refractivity contribution < 1.29 is 13.5 Å². The van der Waals surface area contributed by atoms with E-state index in [-0.39, 0.29) is 17.3 Å². The molecular formula is C11H16N2O3S2. The average Bonchev–Trinajstić information content (AvgIpc) is 2.28. The number of rotatable bonds is 5. The molecule has 1 rings (SSSR count). The van der Waals surface area contributed by atoms with Crippen LogP contribution in [0.3, 0.4) is 0 Å². The van der Waals surface area contributed by atoms with Crippen molar-refractivity contribution in [3.05, 3.63) is 24.3 Å². The number of phenols is 1. The Bertz CT molecular complexity index is 543. The molecule has 0 radical (unpaired) electrons. The molecule has 18 heavy (non-hydrogen) atoms. The Balaban J connectivity index is 3.22. The Morgan fingerprint density at radius 1 is 1.56 bits per heavy atom. The van der Waals surface area contributed by atoms with Crippen molar-refractivity contribution in [3.63, 3.8) is 0 Å². The summed E-state index contributed by atoms with van der Waals surface area (Å²) in [6.07, 6.45) is 0. The second-order valence-corrected chi connectivity index (χ2v) is 6.42. The van der Waals surface area contributed by atoms with Gasteiger partial charge in [-0.25, -0.2) is 8.42 Å². The van der Waals surface area contributed by atoms with E-state index in [1.165, 1.54) is 23.4 Å². The van der Waals surface area contributed by atoms with Gasteiger partial charge in [0.15, 0.2) is 0 Å². The number of nitrogens with two attached hydrogens (primary N) is 1. The second kappa shape index (κ2) is 5.53. The molecule has 0 bridgehead atoms. The molecule has 1 unspecified atom stereocenters. The van der Waals surface area contributed by atoms with Crippen molar-refractivity contribution >= 4 is 32.9 Å². The maximum Gasteiger partial charge on any atom is 0.244 e. The summed E-state index contributed by atoms with van der Waals surface area (Å²) in [6.45, 7) is 3.38. The largest absolute Gasteiger partial charge is 0.508 e. The first kappa shape index (κ1) is 14.7. The summed E-state index contributed by atoms with van der Waals surface area (Å²) in [6, 6.07) is 6.04. The minimum Gasteiger partial charge on any atom is -0.508 e. The normalized spacial score (nSPS) is 13.0. The van der Waals surface area contributed by atoms with Crippen LogP contribution in [0.5, 0.6) is 5.75 Å². The lowest BCUT2D eigenvalue weighted by Crippen LogP contribution is -2.43. The van der Waals surface area contributed by atoms with Crippen LogP contribution in [0, 0.1) is 0 Å². The van der Waals surface area contributed by atoms with Crippen molar-refractivity contribution in [1.82, 2.24) is 0 Å². The van der Waals surface area contributed by atoms with Crippen LogP contribution in [0.15, 0.2) is 24.3 Å². The molecule has 5 nitrogen and oxygen atoms in total. The van der Waals surface area contributed by atoms with Crippen LogP contribution in [0.1, 0.15) is 13.8 Å². The van der Waals surface area contributed by atoms with Crippen molar-refractivity contribution in [1.29, 1.82) is 0 Å². The molecule has 0 saturated heterocycles. The highest BCUT2D eigenvalue weighted by molar-refractivity contribution is 7.95. The second-order valence-electron chi connectivity index (χ2n) is 3.77. The first-order chi connectivity index (χ1) is 8.30. The van der Waals surface area contributed by atoms with Crippen LogP contribution in [-0.4, -0.2) is 30.3 Å². The lowest BCUT2D eigenvalue weighted by Gasteiger charge is -2.26. The summed E-state index contributed by atoms with van der Waals surface area (Å²) >= 11 is 4.73. The van der Waals surface area contributed by atoms with E-state index in [0.717, 1.165) is 0 Å². The minimum absolute atomic E-state index is 0.00382. The lowest BCUT2D eigenvalue weighted by molar-refractivity contribution is 0.475. The molecule has 7 heteroatoms. The van der Waals surface area contributed by atoms with Crippen molar-refractivity contribution in [2.45, 2.75) is 19.1 Å². The van der Waals surface area contributed by atoms with Crippen LogP contribution in [0.25, 0.3) is 0 Å². The van der Waals surface area contributed by atoms with Gasteiger partial charge in [-0.15, -0.1) is 0 Å². The summed E-state index contributed by atoms with van der Waals surface area (Å²) in [5, 5.41) is 8.45. The van der Waals surface area contributed by atoms with Crippen LogP contribution in [0.2, 0.25) is 0 Å². The maximum atomic E-state index is 12.3. The number of phenolic OH excluding ortho intramolecular Hbond substituents is 1. The van der Waals surface area contributed by atoms with Gasteiger partial charge >= 0.3 is 0 Å². The maximum absolute atomic E-state index is 12.3. The van der Waals surface area contributed by atoms with E-state index in [1.54, 1.807) is 19.1 Å². The number of hydrogen-bond acceptors (Lipinski definition) is 4. The topological polar surface area (TPSA) is 83.6 Å². The van der Waals surface area contributed by atoms with E-state index >= 15 is 0 Å². The molecule has 0 aliphatic rings. The number of anilines is 1. The molecule has 100 valence electrons. The smallest absolute Gasteiger partial charge is 0.244 e. The number of thiocarbonyl (C=S) groups is 1. The molecule has 0 aliphatic heterocycles. The number of nitrogens with zero attached hydrogens (tertiary/aromatic N) is 1. The predicted octanol–water partition coefficient (Wildman–Crippen LogP) is 1.22. The molecule has 0 amide bonds. The van der Waals surface area contributed by atoms with E-state index < -0.39 is 15.3 Å². The fraction of sp³-hybridized carbons (Fsp3) is 0.364. The Kier molecular flexibility index (Phi) is 4.53. The van der Waals surface area contributed by atoms with Crippen molar-refractivity contribution in [2.24, 2.45) is 5.73 Å². The zero-order chi connectivity index (χ0) is 13.9. The molecule has 1 aromatic rings. The Hall–Kier alpha value is -1.34. The van der Waals surface area contributed by atoms with Crippen LogP contribution < -0.4 is 10.0 Å². The van der Waals surface area contributed by atoms with E-state index in [9.17, 15) is 13.5 Å². The standard InChI is InChI=1S/C11H16N2O3S2/c1-3-13(9-5-4-6-10(14)7-9)18(15,16)8(2)11(12)17/h4-8,14H,3H2,1-2H3,(H2,12,17). The van der Waals surface area contributed by atoms with Crippen LogP contribution in [0.4, 0.5) is 5.69 Å². The van der Waals surface area contributed by atoms with Gasteiger partial charge in [0.05, 0.1) is 10.7 Å². The van der Waals surface area contributed by atoms with Gasteiger partial charge in [0.2, 0.25) is 10.0 Å². The van der Waals surface area contributed by atoms with Crippen LogP contribution >= 0.6 is 12.2 Å². The summed E-state index contributed by atoms with van der Waals surface area (Å²) in [7, 11) is -3.66. The first-order valence-electron chi connectivity index (χ1n) is 5.40. The molecule has 3 N–H and O–H groups in total. The van der Waals surface area contributed by atoms with Gasteiger partial charge in [-0.2, -0.15) is 0 Å². The molecular weight excluding hydrogens is 272 g/mol. The minimum atomic E-state index is -3.66. The fourth-order valence-corrected chi connectivity index (χ4v) is 3.30. The average molecular weight is 288 g/mol. The van der Waals surface area contributed by atoms with E-state index in [0.29, 0.717) is 5.69 Å². The van der Waals surface area contributed by atoms with Gasteiger partial charge in [-0.3, -0.25) is 4.31 Å². The van der Waals surface area contributed by atoms with E-state index in [2.05, 4.69) is 0 Å². The van der Waals surface area contributed by atoms with Gasteiger partial charge in [0, 0.05) is 12.6 Å². The van der Waals surface area contributed by atoms with E-state index in [1.807, 2.05) is 0 Å². The molecule has 0 heterocycles. The van der Waals surface area contributed by atoms with E-state index in [4.69, 9.17) is 18.0 Å². The molecule has 0 aliphatic carbocycles. The molecule has 1 aromatic carbocycles. The molecule has 0 aromatic heterocycles. The Morgan fingerprint density at radius 3 is 2.61 bits per heavy atom. The van der Waals surface area contributed by atoms with Gasteiger partial charge in [0.25, 0.3) is 0 Å². The first-order valence-corrected chi connectivity index (χ1v) is 7.31. The summed E-state index contributed by atoms with van der Waals surface area (Å²) in [4.78, 5) is -0.0754. The molecule has 0 fully saturated rings. The summed E-state index contributed by atoms with van der Waals surface area (Å²) in [5.41, 5.74) is 5.79. The third-order valence-corrected chi connectivity index (χ3v) is 5.29. The van der Waals surface area contributed by atoms with Crippen molar-refractivity contribution in [2.75, 3.05) is 10.8 Å². The predicted molar refractivity (Wildman–Crippen MR) is 76.3 cm³/mol. The summed E-state index contributed by atoms with van der Waals surface area (Å²) < 4.78 is 25.8. The van der Waals surface area contributed by atoms with Gasteiger partial charge in [0.1, 0.15) is 11.0 Å². The van der Waals surface area contributed by atoms with Crippen molar-refractivity contribution in [3.8, 4) is 5.75 Å². The molecule has 1 atom stereocenters. The third-order valence-electron chi connectivity index (χ3n) is 2.56. The zero-order valence-corrected chi connectivity index (χ0v) is 11.8. The monoisotopic (exact) mass is 288 g/mol. The SMILES string of the molecule is CCN(c1cccc(O)c1)S(=O)(=O)C(C)C(N)=S. The Morgan fingerprint density at radius 2 is 2.17 bits per heavy atom. The highest BCUT2D eigenvalue weighted by Crippen LogP contribution is 2.24. The number of hydrogen-bond donors (Lipinski definition) is 2.